The van der Waals surface area contributed by atoms with Crippen molar-refractivity contribution in [2.24, 2.45) is 63.8 Å². The van der Waals surface area contributed by atoms with E-state index in [1.54, 1.807) is 54.7 Å². The van der Waals surface area contributed by atoms with E-state index in [0.717, 1.165) is 0 Å². The lowest BCUT2D eigenvalue weighted by molar-refractivity contribution is -0.143. The number of aliphatic carboxylic acids is 1. The first-order valence-electron chi connectivity index (χ1n) is 40.5. The van der Waals surface area contributed by atoms with Crippen LogP contribution in [0, 0.1) is 23.7 Å². The van der Waals surface area contributed by atoms with E-state index in [-0.39, 0.29) is 135 Å². The van der Waals surface area contributed by atoms with Crippen molar-refractivity contribution in [1.29, 1.82) is 0 Å². The molecule has 2 aliphatic rings. The van der Waals surface area contributed by atoms with E-state index in [4.69, 9.17) is 40.1 Å². The van der Waals surface area contributed by atoms with Gasteiger partial charge in [0.25, 0.3) is 0 Å². The van der Waals surface area contributed by atoms with Crippen molar-refractivity contribution in [3.05, 3.63) is 0 Å². The van der Waals surface area contributed by atoms with Gasteiger partial charge < -0.3 is 119 Å². The number of unbranched alkanes of at least 4 members (excludes halogenated alkanes) is 2. The Labute approximate surface area is 681 Å². The molecule has 115 heavy (non-hydrogen) atoms. The number of thioether (sulfide) groups is 1. The predicted molar refractivity (Wildman–Crippen MR) is 435 cm³/mol. The van der Waals surface area contributed by atoms with E-state index in [1.165, 1.54) is 35.4 Å². The predicted octanol–water partition coefficient (Wildman–Crippen LogP) is -5.27. The molecule has 41 heteroatoms. The first-order chi connectivity index (χ1) is 54.2. The summed E-state index contributed by atoms with van der Waals surface area (Å²) < 4.78 is 0. The number of amides is 14. The Hall–Kier alpha value is -8.00. The second kappa shape index (κ2) is 54.8. The number of hydrogen-bond donors (Lipinski definition) is 23. The molecule has 0 aromatic carbocycles. The molecule has 0 spiro atoms. The maximum absolute atomic E-state index is 15.0. The number of nitrogens with two attached hydrogens (primary N) is 7. The molecule has 30 N–H and O–H groups in total. The van der Waals surface area contributed by atoms with Crippen LogP contribution in [0.4, 0.5) is 0 Å². The van der Waals surface area contributed by atoms with E-state index < -0.39 is 198 Å². The fourth-order valence-electron chi connectivity index (χ4n) is 13.2. The summed E-state index contributed by atoms with van der Waals surface area (Å²) in [6.07, 6.45) is 3.50. The van der Waals surface area contributed by atoms with Crippen LogP contribution in [0.25, 0.3) is 0 Å². The molecule has 0 aromatic heterocycles. The van der Waals surface area contributed by atoms with Gasteiger partial charge in [-0.3, -0.25) is 83.1 Å². The van der Waals surface area contributed by atoms with E-state index in [0.29, 0.717) is 50.8 Å². The number of carboxylic acid groups (broad SMARTS) is 1. The number of nitrogens with zero attached hydrogens (tertiary/aromatic N) is 2. The zero-order valence-corrected chi connectivity index (χ0v) is 70.4. The van der Waals surface area contributed by atoms with Gasteiger partial charge in [-0.05, 0) is 184 Å². The van der Waals surface area contributed by atoms with E-state index in [9.17, 15) is 77.0 Å². The molecule has 0 bridgehead atoms. The van der Waals surface area contributed by atoms with Crippen LogP contribution >= 0.6 is 11.8 Å². The van der Waals surface area contributed by atoms with Crippen LogP contribution in [0.1, 0.15) is 198 Å². The third kappa shape index (κ3) is 38.8. The summed E-state index contributed by atoms with van der Waals surface area (Å²) >= 11 is 1.36. The Morgan fingerprint density at radius 3 is 1.22 bits per heavy atom. The topological polar surface area (TPSA) is 645 Å². The molecule has 14 amide bonds. The molecule has 13 atom stereocenters. The monoisotopic (exact) mass is 1650 g/mol. The van der Waals surface area contributed by atoms with Crippen LogP contribution in [0.2, 0.25) is 0 Å². The fraction of sp³-hybridized carbons (Fsp3) is 0.797. The molecule has 2 fully saturated rings. The van der Waals surface area contributed by atoms with Crippen molar-refractivity contribution in [2.45, 2.75) is 296 Å². The molecular formula is C74H140N24O16S. The largest absolute Gasteiger partial charge is 0.480 e. The standard InChI is InChI=1S/C74H140N24O16S/c1-13-55(100)82-32-17-15-24-47(61(103)94-58(43(8)9)68(110)92-51(71(113)114)27-20-35-85-74(80)81)89-64(106)53-28-21-36-97(53)70(112)50(26-19-34-84-73(78)79)91-67(109)57(42(6)7)95-62(104)48(30-38-115-12)88-59(101)44(10)86-66(108)56(41(4)5)96-65(107)54-29-22-37-98(54)69(111)49(25-18-33-83-72(76)77)90-63(105)52(39-40(2)3)93-60(102)46(87-45(11)99)23-14-16-31-75/h40-44,46-54,56-58,72-74,83-85H,13-39,75-81H2,1-12H3,(H,82,100)(H,86,108)(H,87,99)(H,88,101)(H,89,106)(H,90,105)(H,91,109)(H,92,110)(H,93,102)(H,94,103)(H,95,104)(H,96,107)(H,113,114)/t44-,46-,47-,48-,49-,50-,51-,52-,53-,54-,56-,57-,58-/m0/s1. The highest BCUT2D eigenvalue weighted by Crippen LogP contribution is 2.24. The van der Waals surface area contributed by atoms with Gasteiger partial charge in [-0.25, -0.2) is 4.79 Å². The average Bonchev–Trinajstić information content (AvgIpc) is 1.73. The number of carboxylic acids is 1. The normalized spacial score (nSPS) is 17.1. The molecular weight excluding hydrogens is 1510 g/mol. The molecule has 2 rings (SSSR count). The maximum atomic E-state index is 15.0. The highest BCUT2D eigenvalue weighted by molar-refractivity contribution is 7.98. The van der Waals surface area contributed by atoms with Crippen LogP contribution in [0.15, 0.2) is 0 Å². The lowest BCUT2D eigenvalue weighted by Crippen LogP contribution is -2.61. The SMILES string of the molecule is CCC(=O)NCCCC[C@H](NC(=O)[C@@H]1CCCN1C(=O)[C@H](CCCNC(N)N)NC(=O)[C@@H](NC(=O)[C@H](CCSC)NC(=O)[C@H](C)NC(=O)[C@@H](NC(=O)[C@@H]1CCCN1C(=O)[C@H](CCCNC(N)N)NC(=O)[C@H](CC(C)C)NC(=O)[C@H](CCCCN)NC(C)=O)C(C)C)C(C)C)C(=O)N[C@H](C(=O)N[C@@H](CCCNC(N)N)C(=O)O)C(C)C. The highest BCUT2D eigenvalue weighted by atomic mass is 32.2. The Bertz CT molecular complexity index is 3120. The number of likely N-dealkylation sites (tertiary alicyclic amines) is 2. The Balaban J connectivity index is 2.42. The molecule has 0 aliphatic carbocycles. The van der Waals surface area contributed by atoms with Crippen LogP contribution in [-0.4, -0.2) is 259 Å². The fourth-order valence-corrected chi connectivity index (χ4v) is 13.6. The van der Waals surface area contributed by atoms with E-state index >= 15 is 0 Å². The van der Waals surface area contributed by atoms with Crippen molar-refractivity contribution in [3.8, 4) is 0 Å². The van der Waals surface area contributed by atoms with Crippen LogP contribution in [0.5, 0.6) is 0 Å². The van der Waals surface area contributed by atoms with Gasteiger partial charge in [0, 0.05) is 33.0 Å². The van der Waals surface area contributed by atoms with Gasteiger partial charge >= 0.3 is 5.97 Å². The molecule has 2 aliphatic heterocycles. The Morgan fingerprint density at radius 2 is 0.791 bits per heavy atom. The van der Waals surface area contributed by atoms with Gasteiger partial charge in [-0.1, -0.05) is 62.3 Å². The average molecular weight is 1650 g/mol. The summed E-state index contributed by atoms with van der Waals surface area (Å²) in [5.41, 5.74) is 39.7. The summed E-state index contributed by atoms with van der Waals surface area (Å²) in [5.74, 6) is -12.2. The van der Waals surface area contributed by atoms with Gasteiger partial charge in [-0.15, -0.1) is 0 Å². The second-order valence-electron chi connectivity index (χ2n) is 31.0. The third-order valence-electron chi connectivity index (χ3n) is 19.6. The first-order valence-corrected chi connectivity index (χ1v) is 41.9. The zero-order valence-electron chi connectivity index (χ0n) is 69.6. The van der Waals surface area contributed by atoms with Gasteiger partial charge in [0.2, 0.25) is 82.7 Å². The minimum atomic E-state index is -1.34. The molecule has 658 valence electrons. The van der Waals surface area contributed by atoms with Gasteiger partial charge in [0.05, 0.1) is 0 Å². The molecule has 2 saturated heterocycles. The minimum Gasteiger partial charge on any atom is -0.480 e. The molecule has 0 radical (unpaired) electrons. The number of carbonyl (C=O) groups is 15. The zero-order chi connectivity index (χ0) is 86.8. The van der Waals surface area contributed by atoms with Crippen molar-refractivity contribution in [1.82, 2.24) is 89.6 Å². The van der Waals surface area contributed by atoms with E-state index in [1.807, 2.05) is 13.8 Å². The molecule has 0 aromatic rings. The lowest BCUT2D eigenvalue weighted by atomic mass is 10.0. The summed E-state index contributed by atoms with van der Waals surface area (Å²) in [4.78, 5) is 212. The number of nitrogens with one attached hydrogen (secondary N) is 15. The molecule has 0 unspecified atom stereocenters. The van der Waals surface area contributed by atoms with E-state index in [2.05, 4.69) is 79.8 Å². The van der Waals surface area contributed by atoms with Crippen LogP contribution in [-0.2, 0) is 71.9 Å². The summed E-state index contributed by atoms with van der Waals surface area (Å²) in [6, 6.07) is -16.1. The van der Waals surface area contributed by atoms with Crippen molar-refractivity contribution in [3.63, 3.8) is 0 Å². The van der Waals surface area contributed by atoms with Gasteiger partial charge in [0.1, 0.15) is 97.4 Å². The number of hydrogen-bond acceptors (Lipinski definition) is 26. The number of carbonyl (C=O) groups excluding carboxylic acids is 14. The Kier molecular flexibility index (Phi) is 49.1. The van der Waals surface area contributed by atoms with Gasteiger partial charge in [-0.2, -0.15) is 11.8 Å². The first kappa shape index (κ1) is 103. The molecule has 2 heterocycles. The van der Waals surface area contributed by atoms with Crippen LogP contribution in [0.3, 0.4) is 0 Å². The van der Waals surface area contributed by atoms with Crippen molar-refractivity contribution >= 4 is 100 Å². The lowest BCUT2D eigenvalue weighted by Gasteiger charge is -2.32. The molecule has 0 saturated carbocycles. The number of rotatable bonds is 57. The minimum absolute atomic E-state index is 0.00269. The van der Waals surface area contributed by atoms with Crippen LogP contribution < -0.4 is 120 Å². The highest BCUT2D eigenvalue weighted by Gasteiger charge is 2.44. The Morgan fingerprint density at radius 1 is 0.417 bits per heavy atom. The summed E-state index contributed by atoms with van der Waals surface area (Å²) in [6.45, 7) is 19.4. The van der Waals surface area contributed by atoms with Crippen molar-refractivity contribution < 1.29 is 77.0 Å². The quantitative estimate of drug-likeness (QED) is 0.0200. The molecule has 40 nitrogen and oxygen atoms in total. The third-order valence-corrected chi connectivity index (χ3v) is 20.2. The summed E-state index contributed by atoms with van der Waals surface area (Å²) in [5, 5.41) is 51.2. The smallest absolute Gasteiger partial charge is 0.326 e. The van der Waals surface area contributed by atoms with Gasteiger partial charge in [0.15, 0.2) is 0 Å². The maximum Gasteiger partial charge on any atom is 0.326 e. The second-order valence-corrected chi connectivity index (χ2v) is 32.0. The van der Waals surface area contributed by atoms with Crippen molar-refractivity contribution in [2.75, 3.05) is 57.8 Å². The summed E-state index contributed by atoms with van der Waals surface area (Å²) in [7, 11) is 0.